The monoisotopic (exact) mass is 529 g/mol. The zero-order valence-corrected chi connectivity index (χ0v) is 20.7. The molecule has 1 atom stereocenters. The number of ether oxygens (including phenoxy) is 1. The Kier molecular flexibility index (Phi) is 7.33. The highest BCUT2D eigenvalue weighted by atomic mass is 32.2. The predicted octanol–water partition coefficient (Wildman–Crippen LogP) is 2.12. The molecular weight excluding hydrogens is 503 g/mol. The van der Waals surface area contributed by atoms with Crippen LogP contribution in [0.15, 0.2) is 24.5 Å². The number of pyridine rings is 2. The molecule has 2 aromatic rings. The largest absolute Gasteiger partial charge is 0.417 e. The lowest BCUT2D eigenvalue weighted by Gasteiger charge is -2.38. The van der Waals surface area contributed by atoms with E-state index in [2.05, 4.69) is 25.3 Å². The minimum absolute atomic E-state index is 0.00631. The number of nitrogens with zero attached hydrogens (tertiary/aromatic N) is 2. The molecule has 1 unspecified atom stereocenters. The van der Waals surface area contributed by atoms with Crippen molar-refractivity contribution in [2.75, 3.05) is 16.8 Å². The zero-order valence-electron chi connectivity index (χ0n) is 19.9. The number of hydrogen-bond acceptors (Lipinski definition) is 9. The summed E-state index contributed by atoms with van der Waals surface area (Å²) in [6, 6.07) is 1.48. The third kappa shape index (κ3) is 6.29. The first-order valence-corrected chi connectivity index (χ1v) is 12.5. The number of carbonyl (C=O) groups is 1. The van der Waals surface area contributed by atoms with Gasteiger partial charge in [0.1, 0.15) is 5.69 Å². The molecule has 0 aromatic carbocycles. The van der Waals surface area contributed by atoms with Gasteiger partial charge in [-0.05, 0) is 33.8 Å². The maximum atomic E-state index is 14.5. The molecule has 3 heterocycles. The van der Waals surface area contributed by atoms with Crippen LogP contribution in [0, 0.1) is 11.2 Å². The maximum absolute atomic E-state index is 14.5. The van der Waals surface area contributed by atoms with E-state index in [0.29, 0.717) is 6.20 Å². The van der Waals surface area contributed by atoms with Gasteiger partial charge in [0, 0.05) is 29.1 Å². The number of anilines is 1. The zero-order chi connectivity index (χ0) is 27.1. The van der Waals surface area contributed by atoms with E-state index in [9.17, 15) is 31.5 Å². The number of alkyl halides is 2. The van der Waals surface area contributed by atoms with Crippen molar-refractivity contribution in [1.82, 2.24) is 15.3 Å². The van der Waals surface area contributed by atoms with Crippen molar-refractivity contribution in [1.29, 1.82) is 5.41 Å². The van der Waals surface area contributed by atoms with Crippen LogP contribution in [0.1, 0.15) is 49.3 Å². The van der Waals surface area contributed by atoms with E-state index in [0.717, 1.165) is 12.3 Å². The van der Waals surface area contributed by atoms with Crippen LogP contribution in [-0.4, -0.2) is 70.4 Å². The maximum Gasteiger partial charge on any atom is 0.388 e. The van der Waals surface area contributed by atoms with Crippen LogP contribution in [-0.2, 0) is 9.84 Å². The van der Waals surface area contributed by atoms with Crippen molar-refractivity contribution in [3.63, 3.8) is 0 Å². The topological polar surface area (TPSA) is 154 Å². The van der Waals surface area contributed by atoms with Crippen molar-refractivity contribution >= 4 is 27.1 Å². The normalized spacial score (nSPS) is 17.1. The van der Waals surface area contributed by atoms with E-state index in [1.807, 2.05) is 0 Å². The van der Waals surface area contributed by atoms with Crippen molar-refractivity contribution in [3.05, 3.63) is 47.2 Å². The van der Waals surface area contributed by atoms with Gasteiger partial charge in [0.05, 0.1) is 40.6 Å². The summed E-state index contributed by atoms with van der Waals surface area (Å²) in [5.74, 6) is -2.70. The number of aliphatic hydroxyl groups is 1. The Morgan fingerprint density at radius 1 is 1.22 bits per heavy atom. The molecular formula is C22H26F3N5O5S. The summed E-state index contributed by atoms with van der Waals surface area (Å²) in [6.07, 6.45) is 1.75. The molecule has 36 heavy (non-hydrogen) atoms. The summed E-state index contributed by atoms with van der Waals surface area (Å²) in [4.78, 5) is 20.3. The molecule has 0 radical (unpaired) electrons. The number of aromatic nitrogens is 2. The molecule has 14 heteroatoms. The Balaban J connectivity index is 1.99. The van der Waals surface area contributed by atoms with Crippen LogP contribution in [0.3, 0.4) is 0 Å². The molecule has 1 amide bonds. The first-order valence-electron chi connectivity index (χ1n) is 10.7. The molecule has 1 aliphatic rings. The fraction of sp³-hybridized carbons (Fsp3) is 0.455. The second kappa shape index (κ2) is 9.65. The Bertz CT molecular complexity index is 1290. The highest BCUT2D eigenvalue weighted by molar-refractivity contribution is 7.93. The quantitative estimate of drug-likeness (QED) is 0.360. The van der Waals surface area contributed by atoms with E-state index in [-0.39, 0.29) is 28.5 Å². The van der Waals surface area contributed by atoms with Gasteiger partial charge in [-0.1, -0.05) is 0 Å². The highest BCUT2D eigenvalue weighted by Gasteiger charge is 2.46. The van der Waals surface area contributed by atoms with Crippen LogP contribution in [0.2, 0.25) is 0 Å². The molecule has 2 aromatic heterocycles. The molecule has 3 rings (SSSR count). The van der Waals surface area contributed by atoms with Crippen LogP contribution >= 0.6 is 0 Å². The van der Waals surface area contributed by atoms with Gasteiger partial charge in [0.15, 0.2) is 15.7 Å². The summed E-state index contributed by atoms with van der Waals surface area (Å²) in [5, 5.41) is 24.5. The SMILES string of the molecule is CC(Nc1cc(C(=O)NC2(C)CS(=O)(=O)C2)ncc1C(=N)c1cc(OC(F)F)ncc1F)C(C)(C)O. The molecule has 0 bridgehead atoms. The number of sulfone groups is 1. The summed E-state index contributed by atoms with van der Waals surface area (Å²) in [6.45, 7) is 3.06. The van der Waals surface area contributed by atoms with E-state index in [1.165, 1.54) is 19.9 Å². The standard InChI is InChI=1S/C22H26F3N5O5S/c1-11(21(2,3)32)29-15-6-16(19(31)30-22(4)9-36(33,34)10-22)27-7-13(15)18(26)12-5-17(35-20(24)25)28-8-14(12)23/h5-8,11,20,26,32H,9-10H2,1-4H3,(H,27,29)(H,30,31). The van der Waals surface area contributed by atoms with Crippen LogP contribution in [0.5, 0.6) is 5.88 Å². The number of carbonyl (C=O) groups excluding carboxylic acids is 1. The second-order valence-electron chi connectivity index (χ2n) is 9.44. The molecule has 4 N–H and O–H groups in total. The number of nitrogens with one attached hydrogen (secondary N) is 3. The molecule has 0 aliphatic carbocycles. The molecule has 10 nitrogen and oxygen atoms in total. The van der Waals surface area contributed by atoms with Crippen molar-refractivity contribution in [3.8, 4) is 5.88 Å². The fourth-order valence-electron chi connectivity index (χ4n) is 3.56. The average Bonchev–Trinajstić information content (AvgIpc) is 2.71. The van der Waals surface area contributed by atoms with Crippen LogP contribution in [0.4, 0.5) is 18.9 Å². The minimum Gasteiger partial charge on any atom is -0.417 e. The third-order valence-corrected chi connectivity index (χ3v) is 7.79. The first-order chi connectivity index (χ1) is 16.5. The first kappa shape index (κ1) is 27.3. The fourth-order valence-corrected chi connectivity index (χ4v) is 5.56. The van der Waals surface area contributed by atoms with Gasteiger partial charge in [-0.25, -0.2) is 17.8 Å². The number of hydrogen-bond donors (Lipinski definition) is 4. The third-order valence-electron chi connectivity index (χ3n) is 5.64. The number of halogens is 3. The lowest BCUT2D eigenvalue weighted by molar-refractivity contribution is -0.0529. The van der Waals surface area contributed by atoms with Crippen molar-refractivity contribution in [2.45, 2.75) is 51.5 Å². The lowest BCUT2D eigenvalue weighted by atomic mass is 9.98. The van der Waals surface area contributed by atoms with Gasteiger partial charge in [0.2, 0.25) is 5.88 Å². The van der Waals surface area contributed by atoms with Gasteiger partial charge >= 0.3 is 6.61 Å². The van der Waals surface area contributed by atoms with E-state index >= 15 is 0 Å². The second-order valence-corrected chi connectivity index (χ2v) is 11.5. The smallest absolute Gasteiger partial charge is 0.388 e. The molecule has 1 saturated heterocycles. The van der Waals surface area contributed by atoms with E-state index in [1.54, 1.807) is 13.8 Å². The molecule has 1 aliphatic heterocycles. The molecule has 0 saturated carbocycles. The van der Waals surface area contributed by atoms with E-state index < -0.39 is 62.5 Å². The average molecular weight is 530 g/mol. The van der Waals surface area contributed by atoms with Crippen molar-refractivity contribution in [2.24, 2.45) is 0 Å². The summed E-state index contributed by atoms with van der Waals surface area (Å²) >= 11 is 0. The minimum atomic E-state index is -3.22. The van der Waals surface area contributed by atoms with Gasteiger partial charge in [0.25, 0.3) is 5.91 Å². The summed E-state index contributed by atoms with van der Waals surface area (Å²) in [7, 11) is -3.22. The molecule has 196 valence electrons. The Morgan fingerprint density at radius 2 is 1.86 bits per heavy atom. The Morgan fingerprint density at radius 3 is 2.42 bits per heavy atom. The van der Waals surface area contributed by atoms with Crippen molar-refractivity contribution < 1.29 is 36.2 Å². The summed E-state index contributed by atoms with van der Waals surface area (Å²) in [5.41, 5.74) is -3.11. The Labute approximate surface area is 205 Å². The highest BCUT2D eigenvalue weighted by Crippen LogP contribution is 2.27. The number of rotatable bonds is 9. The van der Waals surface area contributed by atoms with Crippen LogP contribution in [0.25, 0.3) is 0 Å². The Hall–Kier alpha value is -3.26. The molecule has 0 spiro atoms. The lowest BCUT2D eigenvalue weighted by Crippen LogP contribution is -2.63. The van der Waals surface area contributed by atoms with Gasteiger partial charge in [-0.3, -0.25) is 15.2 Å². The van der Waals surface area contributed by atoms with Crippen LogP contribution < -0.4 is 15.4 Å². The summed E-state index contributed by atoms with van der Waals surface area (Å²) < 4.78 is 66.9. The van der Waals surface area contributed by atoms with Gasteiger partial charge in [-0.15, -0.1) is 0 Å². The molecule has 1 fully saturated rings. The predicted molar refractivity (Wildman–Crippen MR) is 125 cm³/mol. The number of amides is 1. The van der Waals surface area contributed by atoms with Gasteiger partial charge in [-0.2, -0.15) is 8.78 Å². The van der Waals surface area contributed by atoms with E-state index in [4.69, 9.17) is 5.41 Å². The van der Waals surface area contributed by atoms with Gasteiger partial charge < -0.3 is 20.5 Å².